The molecule has 2 rings (SSSR count). The molecule has 0 saturated heterocycles. The van der Waals surface area contributed by atoms with Gasteiger partial charge >= 0.3 is 6.03 Å². The quantitative estimate of drug-likeness (QED) is 0.615. The smallest absolute Gasteiger partial charge is 0.315 e. The van der Waals surface area contributed by atoms with Crippen LogP contribution in [0.2, 0.25) is 0 Å². The van der Waals surface area contributed by atoms with E-state index in [0.717, 1.165) is 5.56 Å². The third kappa shape index (κ3) is 2.40. The first kappa shape index (κ1) is 12.6. The fourth-order valence-electron chi connectivity index (χ4n) is 1.87. The van der Waals surface area contributed by atoms with Crippen molar-refractivity contribution in [3.63, 3.8) is 0 Å². The van der Waals surface area contributed by atoms with Crippen LogP contribution in [0.15, 0.2) is 11.4 Å². The van der Waals surface area contributed by atoms with E-state index >= 15 is 0 Å². The third-order valence-electron chi connectivity index (χ3n) is 2.66. The Morgan fingerprint density at radius 3 is 3.00 bits per heavy atom. The lowest BCUT2D eigenvalue weighted by Gasteiger charge is -2.19. The fourth-order valence-corrected chi connectivity index (χ4v) is 2.93. The molecule has 1 aliphatic carbocycles. The Labute approximate surface area is 107 Å². The van der Waals surface area contributed by atoms with Crippen LogP contribution in [-0.2, 0) is 0 Å². The number of aliphatic hydroxyl groups excluding tert-OH is 2. The van der Waals surface area contributed by atoms with E-state index in [4.69, 9.17) is 11.6 Å². The molecule has 4 N–H and O–H groups in total. The predicted molar refractivity (Wildman–Crippen MR) is 65.3 cm³/mol. The van der Waals surface area contributed by atoms with E-state index in [2.05, 4.69) is 10.6 Å². The third-order valence-corrected chi connectivity index (χ3v) is 3.85. The summed E-state index contributed by atoms with van der Waals surface area (Å²) >= 11 is 6.82. The molecule has 2 amide bonds. The molecule has 0 radical (unpaired) electrons. The minimum atomic E-state index is -1.00. The number of rotatable bonds is 3. The van der Waals surface area contributed by atoms with Gasteiger partial charge in [-0.15, -0.1) is 22.9 Å². The van der Waals surface area contributed by atoms with E-state index < -0.39 is 24.3 Å². The molecule has 0 fully saturated rings. The lowest BCUT2D eigenvalue weighted by Crippen LogP contribution is -2.42. The Balaban J connectivity index is 2.05. The Morgan fingerprint density at radius 1 is 1.53 bits per heavy atom. The Kier molecular flexibility index (Phi) is 3.88. The molecule has 7 heteroatoms. The number of amides is 2. The summed E-state index contributed by atoms with van der Waals surface area (Å²) in [6.07, 6.45) is -1.93. The highest BCUT2D eigenvalue weighted by Crippen LogP contribution is 2.42. The molecule has 3 atom stereocenters. The van der Waals surface area contributed by atoms with Gasteiger partial charge in [-0.25, -0.2) is 4.79 Å². The van der Waals surface area contributed by atoms with E-state index in [1.807, 2.05) is 5.38 Å². The Bertz CT molecular complexity index is 412. The molecular formula is C10H13ClN2O3S. The van der Waals surface area contributed by atoms with Gasteiger partial charge in [0.2, 0.25) is 0 Å². The molecule has 1 aliphatic rings. The molecule has 5 nitrogen and oxygen atoms in total. The number of carbonyl (C=O) groups excluding carboxylic acids is 1. The van der Waals surface area contributed by atoms with Crippen LogP contribution in [0.5, 0.6) is 0 Å². The molecule has 3 unspecified atom stereocenters. The molecule has 0 saturated carbocycles. The first-order valence-corrected chi connectivity index (χ1v) is 6.60. The number of fused-ring (bicyclic) bond motifs is 1. The zero-order valence-corrected chi connectivity index (χ0v) is 10.5. The lowest BCUT2D eigenvalue weighted by atomic mass is 10.1. The van der Waals surface area contributed by atoms with Gasteiger partial charge in [-0.1, -0.05) is 0 Å². The van der Waals surface area contributed by atoms with Gasteiger partial charge in [-0.3, -0.25) is 0 Å². The topological polar surface area (TPSA) is 81.6 Å². The van der Waals surface area contributed by atoms with Gasteiger partial charge in [0.25, 0.3) is 0 Å². The number of nitrogens with one attached hydrogen (secondary N) is 2. The highest BCUT2D eigenvalue weighted by Gasteiger charge is 2.40. The normalized spacial score (nSPS) is 26.6. The van der Waals surface area contributed by atoms with Crippen molar-refractivity contribution in [3.8, 4) is 0 Å². The molecule has 0 bridgehead atoms. The van der Waals surface area contributed by atoms with Crippen molar-refractivity contribution in [1.29, 1.82) is 0 Å². The van der Waals surface area contributed by atoms with Gasteiger partial charge in [0.05, 0.1) is 6.04 Å². The van der Waals surface area contributed by atoms with E-state index in [9.17, 15) is 15.0 Å². The number of hydrogen-bond donors (Lipinski definition) is 4. The summed E-state index contributed by atoms with van der Waals surface area (Å²) in [4.78, 5) is 12.2. The molecule has 1 aromatic rings. The number of carbonyl (C=O) groups is 1. The Morgan fingerprint density at radius 2 is 2.29 bits per heavy atom. The Hall–Kier alpha value is -0.820. The maximum absolute atomic E-state index is 11.5. The molecular weight excluding hydrogens is 264 g/mol. The van der Waals surface area contributed by atoms with E-state index in [1.165, 1.54) is 11.3 Å². The minimum Gasteiger partial charge on any atom is -0.388 e. The van der Waals surface area contributed by atoms with E-state index in [1.54, 1.807) is 6.07 Å². The van der Waals surface area contributed by atoms with Gasteiger partial charge in [0.15, 0.2) is 0 Å². The summed E-state index contributed by atoms with van der Waals surface area (Å²) in [5.74, 6) is 0.326. The number of halogens is 1. The number of aliphatic hydroxyl groups is 2. The predicted octanol–water partition coefficient (Wildman–Crippen LogP) is 0.735. The van der Waals surface area contributed by atoms with Crippen molar-refractivity contribution in [2.24, 2.45) is 0 Å². The standard InChI is InChI=1S/C10H13ClN2O3S/c11-2-3-12-10(16)13-6-5-1-4-17-9(5)8(15)7(6)14/h1,4,6-8,14-15H,2-3H2,(H2,12,13,16). The lowest BCUT2D eigenvalue weighted by molar-refractivity contribution is 0.0141. The van der Waals surface area contributed by atoms with Crippen LogP contribution in [0, 0.1) is 0 Å². The summed E-state index contributed by atoms with van der Waals surface area (Å²) in [5.41, 5.74) is 0.774. The van der Waals surface area contributed by atoms with Crippen LogP contribution in [0.3, 0.4) is 0 Å². The summed E-state index contributed by atoms with van der Waals surface area (Å²) in [6, 6.07) is 0.828. The maximum atomic E-state index is 11.5. The second kappa shape index (κ2) is 5.22. The van der Waals surface area contributed by atoms with Gasteiger partial charge in [0.1, 0.15) is 12.2 Å². The summed E-state index contributed by atoms with van der Waals surface area (Å²) in [7, 11) is 0. The number of thiophene rings is 1. The molecule has 17 heavy (non-hydrogen) atoms. The van der Waals surface area contributed by atoms with Crippen molar-refractivity contribution in [2.75, 3.05) is 12.4 Å². The van der Waals surface area contributed by atoms with E-state index in [-0.39, 0.29) is 0 Å². The van der Waals surface area contributed by atoms with E-state index in [0.29, 0.717) is 17.3 Å². The number of alkyl halides is 1. The monoisotopic (exact) mass is 276 g/mol. The van der Waals surface area contributed by atoms with Crippen molar-refractivity contribution < 1.29 is 15.0 Å². The van der Waals surface area contributed by atoms with Crippen molar-refractivity contribution in [1.82, 2.24) is 10.6 Å². The van der Waals surface area contributed by atoms with Crippen LogP contribution in [0.1, 0.15) is 22.6 Å². The molecule has 0 aromatic carbocycles. The highest BCUT2D eigenvalue weighted by molar-refractivity contribution is 7.10. The SMILES string of the molecule is O=C(NCCCl)NC1c2ccsc2C(O)C1O. The molecule has 1 aromatic heterocycles. The first-order valence-electron chi connectivity index (χ1n) is 5.19. The zero-order chi connectivity index (χ0) is 12.4. The van der Waals surface area contributed by atoms with Gasteiger partial charge in [-0.05, 0) is 17.0 Å². The van der Waals surface area contributed by atoms with Crippen LogP contribution in [-0.4, -0.2) is 34.8 Å². The second-order valence-corrected chi connectivity index (χ2v) is 5.07. The van der Waals surface area contributed by atoms with Crippen molar-refractivity contribution >= 4 is 29.0 Å². The van der Waals surface area contributed by atoms with Crippen LogP contribution >= 0.6 is 22.9 Å². The summed E-state index contributed by atoms with van der Waals surface area (Å²) in [5, 5.41) is 26.6. The molecule has 1 heterocycles. The van der Waals surface area contributed by atoms with Gasteiger partial charge in [0, 0.05) is 17.3 Å². The maximum Gasteiger partial charge on any atom is 0.315 e. The molecule has 0 aliphatic heterocycles. The fraction of sp³-hybridized carbons (Fsp3) is 0.500. The van der Waals surface area contributed by atoms with Crippen LogP contribution in [0.25, 0.3) is 0 Å². The highest BCUT2D eigenvalue weighted by atomic mass is 35.5. The second-order valence-electron chi connectivity index (χ2n) is 3.74. The number of urea groups is 1. The van der Waals surface area contributed by atoms with Gasteiger partial charge in [-0.2, -0.15) is 0 Å². The average molecular weight is 277 g/mol. The summed E-state index contributed by atoms with van der Waals surface area (Å²) < 4.78 is 0. The van der Waals surface area contributed by atoms with Crippen molar-refractivity contribution in [3.05, 3.63) is 21.9 Å². The largest absolute Gasteiger partial charge is 0.388 e. The van der Waals surface area contributed by atoms with Crippen LogP contribution < -0.4 is 10.6 Å². The summed E-state index contributed by atoms with van der Waals surface area (Å²) in [6.45, 7) is 0.356. The first-order chi connectivity index (χ1) is 8.15. The van der Waals surface area contributed by atoms with Crippen LogP contribution in [0.4, 0.5) is 4.79 Å². The molecule has 94 valence electrons. The molecule has 0 spiro atoms. The number of hydrogen-bond acceptors (Lipinski definition) is 4. The van der Waals surface area contributed by atoms with Gasteiger partial charge < -0.3 is 20.8 Å². The zero-order valence-electron chi connectivity index (χ0n) is 8.89. The average Bonchev–Trinajstić information content (AvgIpc) is 2.86. The minimum absolute atomic E-state index is 0.326. The van der Waals surface area contributed by atoms with Crippen molar-refractivity contribution in [2.45, 2.75) is 18.2 Å².